The van der Waals surface area contributed by atoms with Gasteiger partial charge in [-0.2, -0.15) is 0 Å². The van der Waals surface area contributed by atoms with Crippen molar-refractivity contribution in [2.75, 3.05) is 38.8 Å². The second kappa shape index (κ2) is 9.13. The van der Waals surface area contributed by atoms with E-state index in [1.807, 2.05) is 0 Å². The van der Waals surface area contributed by atoms with Crippen LogP contribution in [0, 0.1) is 11.8 Å². The third-order valence-electron chi connectivity index (χ3n) is 10.0. The van der Waals surface area contributed by atoms with E-state index in [0.717, 1.165) is 63.9 Å². The van der Waals surface area contributed by atoms with Gasteiger partial charge in [-0.3, -0.25) is 0 Å². The molecule has 2 unspecified atom stereocenters. The maximum absolute atomic E-state index is 6.25. The molecule has 0 aromatic carbocycles. The van der Waals surface area contributed by atoms with Crippen LogP contribution in [0.25, 0.3) is 0 Å². The summed E-state index contributed by atoms with van der Waals surface area (Å²) in [5.41, 5.74) is 0. The Balaban J connectivity index is 1.31. The Kier molecular flexibility index (Phi) is 7.11. The molecule has 35 heavy (non-hydrogen) atoms. The molecule has 4 saturated heterocycles. The van der Waals surface area contributed by atoms with Crippen LogP contribution in [0.4, 0.5) is 0 Å². The van der Waals surface area contributed by atoms with E-state index < -0.39 is 0 Å². The molecule has 6 heteroatoms. The maximum Gasteiger partial charge on any atom is 0.170 e. The molecule has 0 aromatic rings. The lowest BCUT2D eigenvalue weighted by Crippen LogP contribution is -2.52. The molecular formula is C29H52O4P2. The van der Waals surface area contributed by atoms with Gasteiger partial charge in [-0.25, -0.2) is 0 Å². The van der Waals surface area contributed by atoms with E-state index >= 15 is 0 Å². The molecule has 0 aromatic heterocycles. The summed E-state index contributed by atoms with van der Waals surface area (Å²) in [6.45, 7) is 23.2. The number of rotatable bonds is 4. The molecule has 0 N–H and O–H groups in total. The lowest BCUT2D eigenvalue weighted by molar-refractivity contribution is -0.179. The van der Waals surface area contributed by atoms with Crippen LogP contribution < -0.4 is 0 Å². The highest BCUT2D eigenvalue weighted by atomic mass is 31.1. The van der Waals surface area contributed by atoms with Gasteiger partial charge in [-0.1, -0.05) is 77.7 Å². The van der Waals surface area contributed by atoms with Gasteiger partial charge in [0.2, 0.25) is 0 Å². The van der Waals surface area contributed by atoms with Crippen molar-refractivity contribution in [2.45, 2.75) is 133 Å². The van der Waals surface area contributed by atoms with Crippen LogP contribution in [0.3, 0.4) is 0 Å². The third-order valence-corrected chi connectivity index (χ3v) is 18.2. The molecule has 5 rings (SSSR count). The average molecular weight is 527 g/mol. The SMILES string of the molecule is CC1(C)CC2(CC(C)(C)P1CC1CCCC1CP1C(C)(C)CC3(CC1(C)C)OCCO3)OCCO2. The molecule has 2 atom stereocenters. The Hall–Kier alpha value is 0.700. The van der Waals surface area contributed by atoms with Gasteiger partial charge in [0.15, 0.2) is 11.6 Å². The van der Waals surface area contributed by atoms with Crippen molar-refractivity contribution in [3.8, 4) is 0 Å². The molecule has 2 spiro atoms. The number of hydrogen-bond acceptors (Lipinski definition) is 4. The summed E-state index contributed by atoms with van der Waals surface area (Å²) in [6.07, 6.45) is 11.5. The summed E-state index contributed by atoms with van der Waals surface area (Å²) < 4.78 is 25.0. The standard InChI is InChI=1S/C29H52O4P2/c1-24(2)18-28(30-12-13-31-28)19-25(3,4)34(24)16-22-10-9-11-23(22)17-35-26(5,6)20-29(21-27(35,7)8)32-14-15-33-29/h22-23H,9-21H2,1-8H3. The highest BCUT2D eigenvalue weighted by Gasteiger charge is 2.59. The summed E-state index contributed by atoms with van der Waals surface area (Å²) in [5.74, 6) is 1.15. The second-order valence-electron chi connectivity index (χ2n) is 14.8. The summed E-state index contributed by atoms with van der Waals surface area (Å²) in [5, 5.41) is 1.19. The predicted octanol–water partition coefficient (Wildman–Crippen LogP) is 7.55. The summed E-state index contributed by atoms with van der Waals surface area (Å²) in [4.78, 5) is 0. The predicted molar refractivity (Wildman–Crippen MR) is 148 cm³/mol. The summed E-state index contributed by atoms with van der Waals surface area (Å²) in [6, 6.07) is 0. The fourth-order valence-electron chi connectivity index (χ4n) is 9.24. The van der Waals surface area contributed by atoms with Crippen molar-refractivity contribution in [2.24, 2.45) is 11.8 Å². The Bertz CT molecular complexity index is 676. The van der Waals surface area contributed by atoms with E-state index in [0.29, 0.717) is 20.6 Å². The normalized spacial score (nSPS) is 37.4. The molecular weight excluding hydrogens is 474 g/mol. The minimum atomic E-state index is -0.319. The minimum absolute atomic E-state index is 0.114. The zero-order chi connectivity index (χ0) is 25.3. The Labute approximate surface area is 217 Å². The minimum Gasteiger partial charge on any atom is -0.347 e. The van der Waals surface area contributed by atoms with Gasteiger partial charge in [0.05, 0.1) is 26.4 Å². The number of hydrogen-bond donors (Lipinski definition) is 0. The monoisotopic (exact) mass is 526 g/mol. The van der Waals surface area contributed by atoms with Crippen molar-refractivity contribution < 1.29 is 18.9 Å². The van der Waals surface area contributed by atoms with E-state index in [1.165, 1.54) is 31.6 Å². The molecule has 4 aliphatic heterocycles. The van der Waals surface area contributed by atoms with E-state index in [1.54, 1.807) is 0 Å². The first kappa shape index (κ1) is 27.3. The fourth-order valence-corrected chi connectivity index (χ4v) is 18.1. The number of ether oxygens (including phenoxy) is 4. The van der Waals surface area contributed by atoms with Gasteiger partial charge in [-0.05, 0) is 57.6 Å². The van der Waals surface area contributed by atoms with Crippen LogP contribution in [0.15, 0.2) is 0 Å². The lowest BCUT2D eigenvalue weighted by Gasteiger charge is -2.57. The van der Waals surface area contributed by atoms with E-state index in [2.05, 4.69) is 55.4 Å². The molecule has 4 heterocycles. The van der Waals surface area contributed by atoms with E-state index in [-0.39, 0.29) is 27.4 Å². The van der Waals surface area contributed by atoms with Crippen LogP contribution >= 0.6 is 15.8 Å². The Morgan fingerprint density at radius 2 is 0.800 bits per heavy atom. The lowest BCUT2D eigenvalue weighted by atomic mass is 9.91. The van der Waals surface area contributed by atoms with Gasteiger partial charge in [0, 0.05) is 25.7 Å². The molecule has 5 aliphatic rings. The highest BCUT2D eigenvalue weighted by Crippen LogP contribution is 2.72. The quantitative estimate of drug-likeness (QED) is 0.354. The van der Waals surface area contributed by atoms with Gasteiger partial charge in [0.25, 0.3) is 0 Å². The largest absolute Gasteiger partial charge is 0.347 e. The van der Waals surface area contributed by atoms with Crippen molar-refractivity contribution in [1.82, 2.24) is 0 Å². The fraction of sp³-hybridized carbons (Fsp3) is 1.00. The third kappa shape index (κ3) is 5.17. The first-order valence-corrected chi connectivity index (χ1v) is 17.3. The molecule has 0 bridgehead atoms. The van der Waals surface area contributed by atoms with Crippen LogP contribution in [-0.4, -0.2) is 70.9 Å². The van der Waals surface area contributed by atoms with Crippen molar-refractivity contribution in [3.63, 3.8) is 0 Å². The van der Waals surface area contributed by atoms with Crippen molar-refractivity contribution in [3.05, 3.63) is 0 Å². The van der Waals surface area contributed by atoms with Crippen molar-refractivity contribution in [1.29, 1.82) is 0 Å². The molecule has 1 saturated carbocycles. The molecule has 0 amide bonds. The zero-order valence-corrected chi connectivity index (χ0v) is 25.7. The van der Waals surface area contributed by atoms with Gasteiger partial charge in [-0.15, -0.1) is 0 Å². The highest BCUT2D eigenvalue weighted by molar-refractivity contribution is 7.61. The van der Waals surface area contributed by atoms with Crippen molar-refractivity contribution >= 4 is 15.8 Å². The van der Waals surface area contributed by atoms with Gasteiger partial charge in [0.1, 0.15) is 0 Å². The summed E-state index contributed by atoms with van der Waals surface area (Å²) in [7, 11) is -0.228. The first-order valence-electron chi connectivity index (χ1n) is 14.3. The van der Waals surface area contributed by atoms with Crippen LogP contribution in [0.2, 0.25) is 0 Å². The van der Waals surface area contributed by atoms with Gasteiger partial charge >= 0.3 is 0 Å². The average Bonchev–Trinajstić information content (AvgIpc) is 3.42. The molecule has 0 radical (unpaired) electrons. The molecule has 202 valence electrons. The zero-order valence-electron chi connectivity index (χ0n) is 23.9. The van der Waals surface area contributed by atoms with E-state index in [9.17, 15) is 0 Å². The Morgan fingerprint density at radius 3 is 1.09 bits per heavy atom. The Morgan fingerprint density at radius 1 is 0.514 bits per heavy atom. The first-order chi connectivity index (χ1) is 16.2. The van der Waals surface area contributed by atoms with Crippen LogP contribution in [-0.2, 0) is 18.9 Å². The molecule has 5 fully saturated rings. The topological polar surface area (TPSA) is 36.9 Å². The smallest absolute Gasteiger partial charge is 0.170 e. The van der Waals surface area contributed by atoms with Crippen LogP contribution in [0.1, 0.15) is 100 Å². The second-order valence-corrected chi connectivity index (χ2v) is 22.1. The molecule has 4 nitrogen and oxygen atoms in total. The maximum atomic E-state index is 6.25. The van der Waals surface area contributed by atoms with Crippen LogP contribution in [0.5, 0.6) is 0 Å². The van der Waals surface area contributed by atoms with Gasteiger partial charge < -0.3 is 18.9 Å². The molecule has 1 aliphatic carbocycles. The van der Waals surface area contributed by atoms with E-state index in [4.69, 9.17) is 18.9 Å². The summed E-state index contributed by atoms with van der Waals surface area (Å²) >= 11 is 0.